The molecule has 0 saturated heterocycles. The van der Waals surface area contributed by atoms with Crippen LogP contribution < -0.4 is 8.92 Å². The van der Waals surface area contributed by atoms with E-state index in [1.165, 1.54) is 6.07 Å². The number of hydrogen-bond acceptors (Lipinski definition) is 6. The van der Waals surface area contributed by atoms with Gasteiger partial charge in [0, 0.05) is 5.56 Å². The SMILES string of the molecule is CC(C)C(=O)OC1Oc2ccc(OS(C)(=O)=O)cc2C1(C)C. The second-order valence-corrected chi connectivity index (χ2v) is 7.78. The first-order chi connectivity index (χ1) is 10.0. The topological polar surface area (TPSA) is 78.9 Å². The second-order valence-electron chi connectivity index (χ2n) is 6.21. The van der Waals surface area contributed by atoms with E-state index in [1.54, 1.807) is 26.0 Å². The van der Waals surface area contributed by atoms with Crippen molar-refractivity contribution in [1.29, 1.82) is 0 Å². The molecule has 122 valence electrons. The van der Waals surface area contributed by atoms with Crippen molar-refractivity contribution in [3.8, 4) is 11.5 Å². The molecule has 22 heavy (non-hydrogen) atoms. The fourth-order valence-corrected chi connectivity index (χ4v) is 2.60. The molecule has 1 unspecified atom stereocenters. The summed E-state index contributed by atoms with van der Waals surface area (Å²) in [4.78, 5) is 11.8. The summed E-state index contributed by atoms with van der Waals surface area (Å²) in [6.07, 6.45) is 0.223. The number of hydrogen-bond donors (Lipinski definition) is 0. The van der Waals surface area contributed by atoms with Crippen LogP contribution in [0.1, 0.15) is 33.3 Å². The Labute approximate surface area is 130 Å². The molecule has 1 aromatic carbocycles. The van der Waals surface area contributed by atoms with Crippen LogP contribution in [0.15, 0.2) is 18.2 Å². The van der Waals surface area contributed by atoms with Crippen LogP contribution in [0.5, 0.6) is 11.5 Å². The first kappa shape index (κ1) is 16.6. The van der Waals surface area contributed by atoms with Gasteiger partial charge in [0.1, 0.15) is 11.5 Å². The maximum atomic E-state index is 11.8. The number of ether oxygens (including phenoxy) is 2. The van der Waals surface area contributed by atoms with E-state index in [4.69, 9.17) is 13.7 Å². The van der Waals surface area contributed by atoms with Gasteiger partial charge in [-0.1, -0.05) is 13.8 Å². The van der Waals surface area contributed by atoms with Gasteiger partial charge >= 0.3 is 16.1 Å². The van der Waals surface area contributed by atoms with Gasteiger partial charge in [-0.2, -0.15) is 8.42 Å². The van der Waals surface area contributed by atoms with Crippen LogP contribution in [0.3, 0.4) is 0 Å². The van der Waals surface area contributed by atoms with Gasteiger partial charge in [-0.3, -0.25) is 4.79 Å². The molecule has 0 fully saturated rings. The Morgan fingerprint density at radius 3 is 2.50 bits per heavy atom. The molecule has 1 aromatic rings. The van der Waals surface area contributed by atoms with Crippen LogP contribution in [0.2, 0.25) is 0 Å². The molecule has 0 saturated carbocycles. The zero-order valence-electron chi connectivity index (χ0n) is 13.2. The molecule has 0 aliphatic carbocycles. The average Bonchev–Trinajstić information content (AvgIpc) is 2.60. The third kappa shape index (κ3) is 3.35. The van der Waals surface area contributed by atoms with Gasteiger partial charge in [-0.05, 0) is 32.0 Å². The molecule has 6 nitrogen and oxygen atoms in total. The maximum absolute atomic E-state index is 11.8. The van der Waals surface area contributed by atoms with Crippen LogP contribution >= 0.6 is 0 Å². The minimum absolute atomic E-state index is 0.203. The van der Waals surface area contributed by atoms with E-state index in [9.17, 15) is 13.2 Å². The zero-order chi connectivity index (χ0) is 16.7. The first-order valence-electron chi connectivity index (χ1n) is 6.92. The number of rotatable bonds is 4. The zero-order valence-corrected chi connectivity index (χ0v) is 14.1. The Hall–Kier alpha value is -1.76. The van der Waals surface area contributed by atoms with Gasteiger partial charge in [0.15, 0.2) is 0 Å². The minimum atomic E-state index is -3.60. The Balaban J connectivity index is 2.29. The normalized spacial score (nSPS) is 19.5. The highest BCUT2D eigenvalue weighted by atomic mass is 32.2. The van der Waals surface area contributed by atoms with Crippen molar-refractivity contribution >= 4 is 16.1 Å². The third-order valence-corrected chi connectivity index (χ3v) is 3.91. The monoisotopic (exact) mass is 328 g/mol. The van der Waals surface area contributed by atoms with E-state index in [-0.39, 0.29) is 17.6 Å². The van der Waals surface area contributed by atoms with E-state index in [2.05, 4.69) is 0 Å². The molecule has 1 aliphatic rings. The summed E-state index contributed by atoms with van der Waals surface area (Å²) in [5, 5.41) is 0. The highest BCUT2D eigenvalue weighted by Crippen LogP contribution is 2.45. The number of carbonyl (C=O) groups is 1. The van der Waals surface area contributed by atoms with E-state index in [0.717, 1.165) is 11.8 Å². The van der Waals surface area contributed by atoms with Crippen LogP contribution in [-0.2, 0) is 25.1 Å². The van der Waals surface area contributed by atoms with Crippen LogP contribution in [0.4, 0.5) is 0 Å². The summed E-state index contributed by atoms with van der Waals surface area (Å²) in [6.45, 7) is 7.22. The lowest BCUT2D eigenvalue weighted by Gasteiger charge is -2.26. The van der Waals surface area contributed by atoms with Gasteiger partial charge in [0.25, 0.3) is 6.29 Å². The number of fused-ring (bicyclic) bond motifs is 1. The number of benzene rings is 1. The van der Waals surface area contributed by atoms with E-state index >= 15 is 0 Å². The average molecular weight is 328 g/mol. The predicted octanol–water partition coefficient (Wildman–Crippen LogP) is 2.22. The van der Waals surface area contributed by atoms with Crippen molar-refractivity contribution < 1.29 is 26.9 Å². The highest BCUT2D eigenvalue weighted by Gasteiger charge is 2.45. The number of carbonyl (C=O) groups excluding carboxylic acids is 1. The van der Waals surface area contributed by atoms with Crippen LogP contribution in [-0.4, -0.2) is 26.9 Å². The summed E-state index contributed by atoms with van der Waals surface area (Å²) in [5.41, 5.74) is 0.117. The Kier molecular flexibility index (Phi) is 4.12. The molecule has 0 aromatic heterocycles. The van der Waals surface area contributed by atoms with Crippen molar-refractivity contribution in [2.24, 2.45) is 5.92 Å². The van der Waals surface area contributed by atoms with E-state index < -0.39 is 21.8 Å². The van der Waals surface area contributed by atoms with Gasteiger partial charge in [0.2, 0.25) is 0 Å². The molecule has 7 heteroatoms. The lowest BCUT2D eigenvalue weighted by Crippen LogP contribution is -2.37. The summed E-state index contributed by atoms with van der Waals surface area (Å²) < 4.78 is 38.4. The lowest BCUT2D eigenvalue weighted by atomic mass is 9.85. The van der Waals surface area contributed by atoms with Crippen molar-refractivity contribution in [2.75, 3.05) is 6.26 Å². The fraction of sp³-hybridized carbons (Fsp3) is 0.533. The van der Waals surface area contributed by atoms with Gasteiger partial charge in [-0.25, -0.2) is 0 Å². The minimum Gasteiger partial charge on any atom is -0.454 e. The van der Waals surface area contributed by atoms with Gasteiger partial charge in [0.05, 0.1) is 17.6 Å². The van der Waals surface area contributed by atoms with Crippen molar-refractivity contribution in [3.63, 3.8) is 0 Å². The Morgan fingerprint density at radius 1 is 1.32 bits per heavy atom. The van der Waals surface area contributed by atoms with Gasteiger partial charge in [-0.15, -0.1) is 0 Å². The van der Waals surface area contributed by atoms with E-state index in [1.807, 2.05) is 13.8 Å². The molecule has 0 bridgehead atoms. The summed E-state index contributed by atoms with van der Waals surface area (Å²) >= 11 is 0. The molecule has 0 amide bonds. The fourth-order valence-electron chi connectivity index (χ4n) is 2.14. The molecule has 2 rings (SSSR count). The summed E-state index contributed by atoms with van der Waals surface area (Å²) in [6, 6.07) is 4.71. The summed E-state index contributed by atoms with van der Waals surface area (Å²) in [7, 11) is -3.60. The lowest BCUT2D eigenvalue weighted by molar-refractivity contribution is -0.172. The molecular formula is C15H20O6S. The first-order valence-corrected chi connectivity index (χ1v) is 8.73. The number of esters is 1. The standard InChI is InChI=1S/C15H20O6S/c1-9(2)13(16)20-14-15(3,4)11-8-10(21-22(5,17)18)6-7-12(11)19-14/h6-9,14H,1-5H3. The van der Waals surface area contributed by atoms with Crippen molar-refractivity contribution in [2.45, 2.75) is 39.4 Å². The predicted molar refractivity (Wildman–Crippen MR) is 80.3 cm³/mol. The highest BCUT2D eigenvalue weighted by molar-refractivity contribution is 7.86. The maximum Gasteiger partial charge on any atom is 0.311 e. The molecule has 1 aliphatic heterocycles. The largest absolute Gasteiger partial charge is 0.454 e. The summed E-state index contributed by atoms with van der Waals surface area (Å²) in [5.74, 6) is 0.145. The third-order valence-electron chi connectivity index (χ3n) is 3.41. The van der Waals surface area contributed by atoms with Gasteiger partial charge < -0.3 is 13.7 Å². The molecule has 0 N–H and O–H groups in total. The Bertz CT molecular complexity index is 690. The molecular weight excluding hydrogens is 308 g/mol. The molecule has 1 heterocycles. The quantitative estimate of drug-likeness (QED) is 0.623. The second kappa shape index (κ2) is 5.46. The molecule has 0 spiro atoms. The molecule has 0 radical (unpaired) electrons. The smallest absolute Gasteiger partial charge is 0.311 e. The van der Waals surface area contributed by atoms with Crippen LogP contribution in [0.25, 0.3) is 0 Å². The Morgan fingerprint density at radius 2 is 1.95 bits per heavy atom. The van der Waals surface area contributed by atoms with Crippen molar-refractivity contribution in [1.82, 2.24) is 0 Å². The van der Waals surface area contributed by atoms with E-state index in [0.29, 0.717) is 5.75 Å². The molecule has 1 atom stereocenters. The van der Waals surface area contributed by atoms with Crippen LogP contribution in [0, 0.1) is 5.92 Å². The van der Waals surface area contributed by atoms with Crippen molar-refractivity contribution in [3.05, 3.63) is 23.8 Å².